The molecule has 0 unspecified atom stereocenters. The number of anilines is 1. The van der Waals surface area contributed by atoms with Crippen LogP contribution in [0.15, 0.2) is 18.2 Å². The number of aromatic nitrogens is 2. The van der Waals surface area contributed by atoms with Crippen LogP contribution in [0.5, 0.6) is 0 Å². The molecule has 2 aromatic rings. The first kappa shape index (κ1) is 12.5. The molecule has 0 spiro atoms. The van der Waals surface area contributed by atoms with Crippen LogP contribution < -0.4 is 11.1 Å². The fourth-order valence-corrected chi connectivity index (χ4v) is 2.47. The number of nitrogens with zero attached hydrogens (tertiary/aromatic N) is 2. The molecule has 0 aliphatic heterocycles. The maximum atomic E-state index is 10.8. The predicted molar refractivity (Wildman–Crippen MR) is 71.7 cm³/mol. The largest absolute Gasteiger partial charge is 0.364 e. The average Bonchev–Trinajstić information content (AvgIpc) is 2.67. The Hall–Kier alpha value is -1.95. The molecule has 2 heterocycles. The minimum absolute atomic E-state index is 0.170. The van der Waals surface area contributed by atoms with Gasteiger partial charge in [0.2, 0.25) is 0 Å². The van der Waals surface area contributed by atoms with E-state index in [2.05, 4.69) is 35.4 Å². The van der Waals surface area contributed by atoms with Crippen LogP contribution in [0.3, 0.4) is 0 Å². The Bertz CT molecular complexity index is 542. The molecular weight excluding hydrogens is 248 g/mol. The third-order valence-corrected chi connectivity index (χ3v) is 3.73. The Labute approximate surface area is 109 Å². The molecule has 0 aliphatic rings. The van der Waals surface area contributed by atoms with Gasteiger partial charge in [-0.15, -0.1) is 21.5 Å². The first-order valence-electron chi connectivity index (χ1n) is 5.49. The highest BCUT2D eigenvalue weighted by Crippen LogP contribution is 2.21. The summed E-state index contributed by atoms with van der Waals surface area (Å²) in [5, 5.41) is 10.8. The highest BCUT2D eigenvalue weighted by Gasteiger charge is 2.04. The van der Waals surface area contributed by atoms with Crippen molar-refractivity contribution in [3.05, 3.63) is 39.2 Å². The molecule has 0 aromatic carbocycles. The lowest BCUT2D eigenvalue weighted by atomic mass is 10.3. The topological polar surface area (TPSA) is 80.9 Å². The first-order chi connectivity index (χ1) is 8.56. The number of primary amides is 1. The molecule has 6 heteroatoms. The molecule has 18 heavy (non-hydrogen) atoms. The fraction of sp³-hybridized carbons (Fsp3) is 0.250. The van der Waals surface area contributed by atoms with Gasteiger partial charge in [-0.2, -0.15) is 0 Å². The van der Waals surface area contributed by atoms with Crippen LogP contribution in [-0.4, -0.2) is 16.1 Å². The van der Waals surface area contributed by atoms with Gasteiger partial charge in [0.1, 0.15) is 5.82 Å². The Morgan fingerprint density at radius 2 is 2.17 bits per heavy atom. The van der Waals surface area contributed by atoms with E-state index in [1.165, 1.54) is 15.3 Å². The van der Waals surface area contributed by atoms with Gasteiger partial charge in [-0.05, 0) is 37.6 Å². The van der Waals surface area contributed by atoms with Gasteiger partial charge < -0.3 is 11.1 Å². The van der Waals surface area contributed by atoms with Crippen LogP contribution in [0.2, 0.25) is 0 Å². The quantitative estimate of drug-likeness (QED) is 0.881. The summed E-state index contributed by atoms with van der Waals surface area (Å²) in [6.07, 6.45) is 0. The molecule has 0 saturated carbocycles. The Morgan fingerprint density at radius 3 is 2.67 bits per heavy atom. The molecule has 5 nitrogen and oxygen atoms in total. The summed E-state index contributed by atoms with van der Waals surface area (Å²) in [5.74, 6) is 0.0577. The number of hydrogen-bond acceptors (Lipinski definition) is 5. The Balaban J connectivity index is 2.00. The lowest BCUT2D eigenvalue weighted by molar-refractivity contribution is 0.0994. The lowest BCUT2D eigenvalue weighted by Crippen LogP contribution is -2.14. The van der Waals surface area contributed by atoms with Crippen LogP contribution in [0.4, 0.5) is 5.82 Å². The monoisotopic (exact) mass is 262 g/mol. The van der Waals surface area contributed by atoms with Gasteiger partial charge in [-0.25, -0.2) is 0 Å². The second-order valence-electron chi connectivity index (χ2n) is 3.97. The van der Waals surface area contributed by atoms with Crippen molar-refractivity contribution < 1.29 is 4.79 Å². The molecule has 94 valence electrons. The third kappa shape index (κ3) is 2.84. The van der Waals surface area contributed by atoms with E-state index in [-0.39, 0.29) is 5.69 Å². The maximum Gasteiger partial charge on any atom is 0.269 e. The number of thiophene rings is 1. The third-order valence-electron chi connectivity index (χ3n) is 2.58. The Morgan fingerprint density at radius 1 is 1.39 bits per heavy atom. The second-order valence-corrected chi connectivity index (χ2v) is 5.31. The van der Waals surface area contributed by atoms with E-state index in [1.807, 2.05) is 0 Å². The van der Waals surface area contributed by atoms with Crippen molar-refractivity contribution in [2.75, 3.05) is 5.32 Å². The smallest absolute Gasteiger partial charge is 0.269 e. The molecule has 0 radical (unpaired) electrons. The van der Waals surface area contributed by atoms with E-state index in [4.69, 9.17) is 5.73 Å². The van der Waals surface area contributed by atoms with Crippen LogP contribution in [0, 0.1) is 13.8 Å². The maximum absolute atomic E-state index is 10.8. The molecule has 3 N–H and O–H groups in total. The summed E-state index contributed by atoms with van der Waals surface area (Å²) >= 11 is 1.76. The zero-order valence-corrected chi connectivity index (χ0v) is 11.0. The van der Waals surface area contributed by atoms with Crippen molar-refractivity contribution in [1.29, 1.82) is 0 Å². The number of hydrogen-bond donors (Lipinski definition) is 2. The molecule has 0 saturated heterocycles. The van der Waals surface area contributed by atoms with Crippen molar-refractivity contribution in [3.8, 4) is 0 Å². The minimum Gasteiger partial charge on any atom is -0.364 e. The highest BCUT2D eigenvalue weighted by molar-refractivity contribution is 7.12. The lowest BCUT2D eigenvalue weighted by Gasteiger charge is -2.02. The minimum atomic E-state index is -0.571. The second kappa shape index (κ2) is 5.14. The summed E-state index contributed by atoms with van der Waals surface area (Å²) in [6, 6.07) is 5.40. The van der Waals surface area contributed by atoms with Crippen molar-refractivity contribution in [3.63, 3.8) is 0 Å². The summed E-state index contributed by atoms with van der Waals surface area (Å²) < 4.78 is 0. The van der Waals surface area contributed by atoms with Gasteiger partial charge in [0.25, 0.3) is 5.91 Å². The molecule has 0 bridgehead atoms. The van der Waals surface area contributed by atoms with Gasteiger partial charge in [0.05, 0.1) is 6.54 Å². The zero-order chi connectivity index (χ0) is 13.1. The number of nitrogens with one attached hydrogen (secondary N) is 1. The molecule has 0 fully saturated rings. The molecule has 1 amide bonds. The van der Waals surface area contributed by atoms with Gasteiger partial charge >= 0.3 is 0 Å². The summed E-state index contributed by atoms with van der Waals surface area (Å²) in [5.41, 5.74) is 6.56. The van der Waals surface area contributed by atoms with E-state index in [9.17, 15) is 4.79 Å². The molecule has 2 rings (SSSR count). The van der Waals surface area contributed by atoms with Crippen molar-refractivity contribution >= 4 is 23.1 Å². The van der Waals surface area contributed by atoms with E-state index < -0.39 is 5.91 Å². The number of amides is 1. The van der Waals surface area contributed by atoms with Crippen LogP contribution >= 0.6 is 11.3 Å². The van der Waals surface area contributed by atoms with Crippen molar-refractivity contribution in [2.45, 2.75) is 20.4 Å². The zero-order valence-electron chi connectivity index (χ0n) is 10.2. The first-order valence-corrected chi connectivity index (χ1v) is 6.31. The van der Waals surface area contributed by atoms with E-state index in [0.717, 1.165) is 0 Å². The molecule has 0 aliphatic carbocycles. The standard InChI is InChI=1S/C12H14N4OS/c1-7-5-9(18-8(7)2)6-14-11-4-3-10(12(13)17)15-16-11/h3-5H,6H2,1-2H3,(H2,13,17)(H,14,16). The van der Waals surface area contributed by atoms with Gasteiger partial charge in [0.15, 0.2) is 5.69 Å². The van der Waals surface area contributed by atoms with Crippen molar-refractivity contribution in [1.82, 2.24) is 10.2 Å². The normalized spacial score (nSPS) is 10.3. The number of aryl methyl sites for hydroxylation is 2. The Kier molecular flexibility index (Phi) is 3.57. The van der Waals surface area contributed by atoms with Crippen molar-refractivity contribution in [2.24, 2.45) is 5.73 Å². The fourth-order valence-electron chi connectivity index (χ4n) is 1.47. The average molecular weight is 262 g/mol. The predicted octanol–water partition coefficient (Wildman–Crippen LogP) is 1.87. The van der Waals surface area contributed by atoms with Gasteiger partial charge in [-0.3, -0.25) is 4.79 Å². The van der Waals surface area contributed by atoms with E-state index >= 15 is 0 Å². The number of carbonyl (C=O) groups excluding carboxylic acids is 1. The van der Waals surface area contributed by atoms with Crippen LogP contribution in [-0.2, 0) is 6.54 Å². The van der Waals surface area contributed by atoms with Gasteiger partial charge in [0, 0.05) is 9.75 Å². The van der Waals surface area contributed by atoms with Gasteiger partial charge in [-0.1, -0.05) is 0 Å². The number of carbonyl (C=O) groups is 1. The molecule has 0 atom stereocenters. The van der Waals surface area contributed by atoms with Crippen LogP contribution in [0.1, 0.15) is 25.8 Å². The summed E-state index contributed by atoms with van der Waals surface area (Å²) in [6.45, 7) is 4.89. The van der Waals surface area contributed by atoms with E-state index in [1.54, 1.807) is 23.5 Å². The highest BCUT2D eigenvalue weighted by atomic mass is 32.1. The molecular formula is C12H14N4OS. The number of rotatable bonds is 4. The number of nitrogens with two attached hydrogens (primary N) is 1. The summed E-state index contributed by atoms with van der Waals surface area (Å²) in [4.78, 5) is 13.4. The molecule has 2 aromatic heterocycles. The SMILES string of the molecule is Cc1cc(CNc2ccc(C(N)=O)nn2)sc1C. The van der Waals surface area contributed by atoms with Crippen LogP contribution in [0.25, 0.3) is 0 Å². The summed E-state index contributed by atoms with van der Waals surface area (Å²) in [7, 11) is 0. The van der Waals surface area contributed by atoms with E-state index in [0.29, 0.717) is 12.4 Å².